The Morgan fingerprint density at radius 3 is 2.52 bits per heavy atom. The van der Waals surface area contributed by atoms with Gasteiger partial charge < -0.3 is 4.40 Å². The van der Waals surface area contributed by atoms with Crippen molar-refractivity contribution in [2.75, 3.05) is 0 Å². The van der Waals surface area contributed by atoms with E-state index in [1.165, 1.54) is 43.9 Å². The number of nitrogens with zero attached hydrogens (tertiary/aromatic N) is 2. The van der Waals surface area contributed by atoms with Crippen LogP contribution >= 0.6 is 0 Å². The van der Waals surface area contributed by atoms with E-state index in [0.29, 0.717) is 5.92 Å². The lowest BCUT2D eigenvalue weighted by Crippen LogP contribution is -2.29. The largest absolute Gasteiger partial charge is 0.307 e. The average Bonchev–Trinajstić information content (AvgIpc) is 3.03. The molecule has 0 atom stereocenters. The second kappa shape index (κ2) is 6.16. The molecule has 0 fully saturated rings. The van der Waals surface area contributed by atoms with Gasteiger partial charge in [-0.15, -0.1) is 0 Å². The van der Waals surface area contributed by atoms with Crippen LogP contribution in [0.1, 0.15) is 30.5 Å². The second-order valence-electron chi connectivity index (χ2n) is 9.54. The topological polar surface area (TPSA) is 8.29 Å². The number of rotatable bonds is 2. The van der Waals surface area contributed by atoms with Crippen molar-refractivity contribution in [2.45, 2.75) is 34.1 Å². The molecule has 0 aliphatic carbocycles. The molecule has 0 amide bonds. The van der Waals surface area contributed by atoms with Gasteiger partial charge in [0.25, 0.3) is 0 Å². The van der Waals surface area contributed by atoms with E-state index in [1.807, 2.05) is 12.3 Å². The van der Waals surface area contributed by atoms with Gasteiger partial charge in [0.15, 0.2) is 6.20 Å². The molecule has 0 saturated carbocycles. The van der Waals surface area contributed by atoms with Gasteiger partial charge in [0.2, 0.25) is 5.52 Å². The third kappa shape index (κ3) is 2.40. The summed E-state index contributed by atoms with van der Waals surface area (Å²) in [5.74, 6) is 0.410. The number of aromatic nitrogens is 2. The fourth-order valence-electron chi connectivity index (χ4n) is 5.52. The van der Waals surface area contributed by atoms with E-state index in [1.54, 1.807) is 12.1 Å². The molecule has 0 radical (unpaired) electrons. The summed E-state index contributed by atoms with van der Waals surface area (Å²) in [7, 11) is 2.09. The fraction of sp³-hybridized carbons (Fsp3) is 0.250. The monoisotopic (exact) mass is 409 g/mol. The van der Waals surface area contributed by atoms with E-state index in [4.69, 9.17) is 0 Å². The van der Waals surface area contributed by atoms with Crippen LogP contribution in [0.15, 0.2) is 48.7 Å². The molecule has 2 nitrogen and oxygen atoms in total. The van der Waals surface area contributed by atoms with Crippen molar-refractivity contribution < 1.29 is 8.96 Å². The third-order valence-corrected chi connectivity index (χ3v) is 6.94. The van der Waals surface area contributed by atoms with E-state index in [9.17, 15) is 4.39 Å². The highest BCUT2D eigenvalue weighted by Crippen LogP contribution is 2.42. The highest BCUT2D eigenvalue weighted by Gasteiger charge is 2.25. The first kappa shape index (κ1) is 18.6. The van der Waals surface area contributed by atoms with Crippen LogP contribution in [-0.4, -0.2) is 4.40 Å². The molecule has 0 spiro atoms. The maximum Gasteiger partial charge on any atom is 0.224 e. The van der Waals surface area contributed by atoms with Crippen LogP contribution in [-0.2, 0) is 13.5 Å². The minimum atomic E-state index is -0.194. The van der Waals surface area contributed by atoms with Crippen molar-refractivity contribution in [1.82, 2.24) is 4.40 Å². The molecule has 0 saturated heterocycles. The SMILES string of the molecule is Cc1cc2c3cc(CC(C)C)ccc3n3c4cc(F)cc5cc[n+](C)c(c(c1C)c23)c54. The molecule has 0 aliphatic heterocycles. The maximum atomic E-state index is 14.7. The van der Waals surface area contributed by atoms with Gasteiger partial charge in [0.1, 0.15) is 12.9 Å². The zero-order valence-electron chi connectivity index (χ0n) is 18.7. The zero-order chi connectivity index (χ0) is 21.6. The van der Waals surface area contributed by atoms with E-state index in [2.05, 4.69) is 68.0 Å². The van der Waals surface area contributed by atoms with Crippen LogP contribution in [0.4, 0.5) is 4.39 Å². The second-order valence-corrected chi connectivity index (χ2v) is 9.54. The number of halogens is 1. The standard InChI is InChI=1S/C28H26FN2/c1-15(2)10-18-6-7-23-21(12-18)22-11-16(3)17(4)25-27(22)31(23)24-14-20(29)13-19-8-9-30(5)28(25)26(19)24/h6-9,11-15H,10H2,1-5H3/q+1. The molecule has 6 rings (SSSR count). The summed E-state index contributed by atoms with van der Waals surface area (Å²) in [4.78, 5) is 0. The van der Waals surface area contributed by atoms with Gasteiger partial charge in [-0.3, -0.25) is 0 Å². The van der Waals surface area contributed by atoms with E-state index in [-0.39, 0.29) is 5.82 Å². The van der Waals surface area contributed by atoms with E-state index >= 15 is 0 Å². The Balaban J connectivity index is 1.98. The third-order valence-electron chi connectivity index (χ3n) is 6.94. The Morgan fingerprint density at radius 2 is 1.74 bits per heavy atom. The van der Waals surface area contributed by atoms with Crippen LogP contribution in [0.2, 0.25) is 0 Å². The maximum absolute atomic E-state index is 14.7. The van der Waals surface area contributed by atoms with Crippen molar-refractivity contribution in [3.63, 3.8) is 0 Å². The molecular weight excluding hydrogens is 383 g/mol. The van der Waals surface area contributed by atoms with Crippen molar-refractivity contribution in [2.24, 2.45) is 13.0 Å². The highest BCUT2D eigenvalue weighted by molar-refractivity contribution is 6.26. The summed E-state index contributed by atoms with van der Waals surface area (Å²) in [6, 6.07) is 14.5. The van der Waals surface area contributed by atoms with Gasteiger partial charge in [-0.05, 0) is 78.6 Å². The van der Waals surface area contributed by atoms with Crippen molar-refractivity contribution >= 4 is 49.0 Å². The van der Waals surface area contributed by atoms with Gasteiger partial charge in [-0.2, -0.15) is 0 Å². The number of pyridine rings is 2. The predicted octanol–water partition coefficient (Wildman–Crippen LogP) is 6.77. The predicted molar refractivity (Wildman–Crippen MR) is 128 cm³/mol. The van der Waals surface area contributed by atoms with Crippen molar-refractivity contribution in [1.29, 1.82) is 0 Å². The van der Waals surface area contributed by atoms with Crippen LogP contribution in [0.5, 0.6) is 0 Å². The van der Waals surface area contributed by atoms with Gasteiger partial charge in [-0.1, -0.05) is 19.9 Å². The van der Waals surface area contributed by atoms with Gasteiger partial charge >= 0.3 is 0 Å². The zero-order valence-corrected chi connectivity index (χ0v) is 18.7. The summed E-state index contributed by atoms with van der Waals surface area (Å²) < 4.78 is 19.2. The quantitative estimate of drug-likeness (QED) is 0.169. The molecule has 3 heterocycles. The van der Waals surface area contributed by atoms with Gasteiger partial charge in [0.05, 0.1) is 27.3 Å². The first-order valence-corrected chi connectivity index (χ1v) is 11.0. The molecule has 0 N–H and O–H groups in total. The molecule has 0 unspecified atom stereocenters. The molecule has 154 valence electrons. The molecule has 3 aromatic carbocycles. The Bertz CT molecular complexity index is 1670. The summed E-state index contributed by atoms with van der Waals surface area (Å²) in [5, 5.41) is 5.85. The summed E-state index contributed by atoms with van der Waals surface area (Å²) in [6.07, 6.45) is 3.10. The molecule has 6 aromatic rings. The Kier molecular flexibility index (Phi) is 3.69. The summed E-state index contributed by atoms with van der Waals surface area (Å²) in [6.45, 7) is 8.93. The molecule has 0 aliphatic rings. The number of hydrogen-bond donors (Lipinski definition) is 0. The Morgan fingerprint density at radius 1 is 0.935 bits per heavy atom. The fourth-order valence-corrected chi connectivity index (χ4v) is 5.52. The Labute approximate surface area is 180 Å². The van der Waals surface area contributed by atoms with Crippen LogP contribution in [0.3, 0.4) is 0 Å². The number of hydrogen-bond acceptors (Lipinski definition) is 0. The average molecular weight is 410 g/mol. The van der Waals surface area contributed by atoms with E-state index in [0.717, 1.165) is 28.2 Å². The summed E-state index contributed by atoms with van der Waals surface area (Å²) >= 11 is 0. The minimum Gasteiger partial charge on any atom is -0.307 e. The van der Waals surface area contributed by atoms with Crippen LogP contribution < -0.4 is 4.57 Å². The number of aryl methyl sites for hydroxylation is 3. The molecule has 3 aromatic heterocycles. The summed E-state index contributed by atoms with van der Waals surface area (Å²) in [5.41, 5.74) is 8.40. The first-order chi connectivity index (χ1) is 14.8. The normalized spacial score (nSPS) is 12.6. The van der Waals surface area contributed by atoms with Crippen LogP contribution in [0.25, 0.3) is 49.0 Å². The highest BCUT2D eigenvalue weighted by atomic mass is 19.1. The van der Waals surface area contributed by atoms with Crippen molar-refractivity contribution in [3.05, 3.63) is 71.2 Å². The lowest BCUT2D eigenvalue weighted by molar-refractivity contribution is -0.643. The van der Waals surface area contributed by atoms with Crippen LogP contribution in [0, 0.1) is 25.6 Å². The van der Waals surface area contributed by atoms with Gasteiger partial charge in [0, 0.05) is 16.8 Å². The van der Waals surface area contributed by atoms with Crippen molar-refractivity contribution in [3.8, 4) is 0 Å². The van der Waals surface area contributed by atoms with Gasteiger partial charge in [-0.25, -0.2) is 8.96 Å². The minimum absolute atomic E-state index is 0.194. The smallest absolute Gasteiger partial charge is 0.224 e. The van der Waals surface area contributed by atoms with E-state index < -0.39 is 0 Å². The Hall–Kier alpha value is -3.20. The number of fused-ring (bicyclic) bond motifs is 5. The lowest BCUT2D eigenvalue weighted by Gasteiger charge is -2.14. The first-order valence-electron chi connectivity index (χ1n) is 11.0. The lowest BCUT2D eigenvalue weighted by atomic mass is 9.96. The number of benzene rings is 3. The molecule has 0 bridgehead atoms. The molecule has 31 heavy (non-hydrogen) atoms. The molecule has 3 heteroatoms. The molecular formula is C28H26FN2+.